The molecule has 0 unspecified atom stereocenters. The van der Waals surface area contributed by atoms with Gasteiger partial charge in [0.15, 0.2) is 5.65 Å². The van der Waals surface area contributed by atoms with Crippen LogP contribution in [-0.2, 0) is 0 Å². The first-order valence-electron chi connectivity index (χ1n) is 11.8. The summed E-state index contributed by atoms with van der Waals surface area (Å²) in [5.74, 6) is 0.509. The second-order valence-corrected chi connectivity index (χ2v) is 10.3. The number of anilines is 1. The molecule has 34 heavy (non-hydrogen) atoms. The Hall–Kier alpha value is -3.32. The van der Waals surface area contributed by atoms with Crippen LogP contribution in [0.4, 0.5) is 5.69 Å². The Bertz CT molecular complexity index is 1330. The Morgan fingerprint density at radius 1 is 1.15 bits per heavy atom. The molecule has 1 amide bonds. The number of amides is 1. The number of hydrogen-bond acceptors (Lipinski definition) is 5. The number of fused-ring (bicyclic) bond motifs is 1. The molecular weight excluding hydrogens is 442 g/mol. The first kappa shape index (κ1) is 22.5. The van der Waals surface area contributed by atoms with E-state index in [1.54, 1.807) is 11.8 Å². The molecular formula is C27H29N5OS. The number of hydrogen-bond donors (Lipinski definition) is 2. The van der Waals surface area contributed by atoms with Crippen molar-refractivity contribution in [3.63, 3.8) is 0 Å². The van der Waals surface area contributed by atoms with E-state index in [0.29, 0.717) is 12.0 Å². The van der Waals surface area contributed by atoms with Crippen LogP contribution in [0.1, 0.15) is 42.6 Å². The largest absolute Gasteiger partial charge is 0.382 e. The molecule has 7 heteroatoms. The summed E-state index contributed by atoms with van der Waals surface area (Å²) in [6, 6.07) is 18.6. The highest BCUT2D eigenvalue weighted by Gasteiger charge is 2.24. The van der Waals surface area contributed by atoms with Gasteiger partial charge < -0.3 is 10.6 Å². The standard InChI is InChI=1S/C27H29N5OS/c1-17(2)15-28-23-14-25(34-21-7-5-4-6-8-21)31-32-24(16-29-26(23)32)19-9-12-22(18(3)13-19)27(33)30-20-10-11-20/h4-9,12-14,16-17,20,28H,10-11,15H2,1-3H3,(H,30,33). The number of aromatic nitrogens is 3. The van der Waals surface area contributed by atoms with Crippen LogP contribution in [-0.4, -0.2) is 33.1 Å². The van der Waals surface area contributed by atoms with Gasteiger partial charge in [-0.25, -0.2) is 9.50 Å². The number of benzene rings is 2. The number of aryl methyl sites for hydroxylation is 1. The number of imidazole rings is 1. The summed E-state index contributed by atoms with van der Waals surface area (Å²) < 4.78 is 1.91. The average molecular weight is 472 g/mol. The Labute approximate surface area is 204 Å². The minimum Gasteiger partial charge on any atom is -0.382 e. The van der Waals surface area contributed by atoms with Crippen molar-refractivity contribution in [1.29, 1.82) is 0 Å². The van der Waals surface area contributed by atoms with Gasteiger partial charge in [-0.05, 0) is 61.6 Å². The minimum absolute atomic E-state index is 0.00420. The van der Waals surface area contributed by atoms with E-state index in [9.17, 15) is 4.79 Å². The molecule has 0 radical (unpaired) electrons. The van der Waals surface area contributed by atoms with E-state index in [4.69, 9.17) is 10.1 Å². The number of carbonyl (C=O) groups is 1. The van der Waals surface area contributed by atoms with Crippen LogP contribution in [0.2, 0.25) is 0 Å². The molecule has 2 aromatic heterocycles. The molecule has 2 heterocycles. The zero-order chi connectivity index (χ0) is 23.7. The third kappa shape index (κ3) is 4.94. The third-order valence-corrected chi connectivity index (χ3v) is 6.71. The molecule has 0 aliphatic heterocycles. The van der Waals surface area contributed by atoms with Gasteiger partial charge in [0, 0.05) is 28.6 Å². The minimum atomic E-state index is 0.00420. The van der Waals surface area contributed by atoms with Gasteiger partial charge in [-0.1, -0.05) is 49.9 Å². The number of nitrogens with zero attached hydrogens (tertiary/aromatic N) is 3. The second kappa shape index (κ2) is 9.50. The fraction of sp³-hybridized carbons (Fsp3) is 0.296. The summed E-state index contributed by atoms with van der Waals surface area (Å²) in [6.07, 6.45) is 4.01. The maximum absolute atomic E-state index is 12.6. The van der Waals surface area contributed by atoms with Crippen molar-refractivity contribution in [2.24, 2.45) is 5.92 Å². The van der Waals surface area contributed by atoms with Crippen LogP contribution < -0.4 is 10.6 Å². The number of rotatable bonds is 8. The molecule has 1 saturated carbocycles. The van der Waals surface area contributed by atoms with Crippen LogP contribution in [0.15, 0.2) is 70.7 Å². The zero-order valence-corrected chi connectivity index (χ0v) is 20.5. The summed E-state index contributed by atoms with van der Waals surface area (Å²) in [5.41, 5.74) is 5.30. The molecule has 0 atom stereocenters. The van der Waals surface area contributed by atoms with Gasteiger partial charge in [-0.15, -0.1) is 0 Å². The van der Waals surface area contributed by atoms with Gasteiger partial charge >= 0.3 is 0 Å². The molecule has 4 aromatic rings. The van der Waals surface area contributed by atoms with E-state index >= 15 is 0 Å². The first-order valence-corrected chi connectivity index (χ1v) is 12.6. The van der Waals surface area contributed by atoms with E-state index in [1.165, 1.54) is 0 Å². The molecule has 174 valence electrons. The van der Waals surface area contributed by atoms with Crippen LogP contribution >= 0.6 is 11.8 Å². The topological polar surface area (TPSA) is 71.3 Å². The average Bonchev–Trinajstić information content (AvgIpc) is 3.53. The molecule has 2 N–H and O–H groups in total. The van der Waals surface area contributed by atoms with E-state index in [0.717, 1.165) is 63.0 Å². The maximum Gasteiger partial charge on any atom is 0.251 e. The normalized spacial score (nSPS) is 13.4. The van der Waals surface area contributed by atoms with E-state index < -0.39 is 0 Å². The second-order valence-electron chi connectivity index (χ2n) is 9.24. The summed E-state index contributed by atoms with van der Waals surface area (Å²) in [7, 11) is 0. The van der Waals surface area contributed by atoms with Crippen LogP contribution in [0.5, 0.6) is 0 Å². The fourth-order valence-electron chi connectivity index (χ4n) is 3.81. The van der Waals surface area contributed by atoms with Crippen molar-refractivity contribution in [3.8, 4) is 11.3 Å². The molecule has 5 rings (SSSR count). The van der Waals surface area contributed by atoms with E-state index in [-0.39, 0.29) is 5.91 Å². The lowest BCUT2D eigenvalue weighted by molar-refractivity contribution is 0.0950. The van der Waals surface area contributed by atoms with Gasteiger partial charge in [0.05, 0.1) is 17.6 Å². The summed E-state index contributed by atoms with van der Waals surface area (Å²) in [4.78, 5) is 18.4. The highest BCUT2D eigenvalue weighted by Crippen LogP contribution is 2.32. The Morgan fingerprint density at radius 2 is 1.94 bits per heavy atom. The monoisotopic (exact) mass is 471 g/mol. The fourth-order valence-corrected chi connectivity index (χ4v) is 4.65. The first-order chi connectivity index (χ1) is 16.5. The zero-order valence-electron chi connectivity index (χ0n) is 19.7. The van der Waals surface area contributed by atoms with Crippen molar-refractivity contribution >= 4 is 29.0 Å². The van der Waals surface area contributed by atoms with Crippen molar-refractivity contribution in [1.82, 2.24) is 19.9 Å². The van der Waals surface area contributed by atoms with Crippen LogP contribution in [0.3, 0.4) is 0 Å². The van der Waals surface area contributed by atoms with Gasteiger partial charge in [-0.3, -0.25) is 4.79 Å². The quantitative estimate of drug-likeness (QED) is 0.339. The molecule has 0 saturated heterocycles. The van der Waals surface area contributed by atoms with Crippen LogP contribution in [0, 0.1) is 12.8 Å². The predicted octanol–water partition coefficient (Wildman–Crippen LogP) is 5.82. The lowest BCUT2D eigenvalue weighted by atomic mass is 10.0. The van der Waals surface area contributed by atoms with Crippen molar-refractivity contribution in [3.05, 3.63) is 71.9 Å². The lowest BCUT2D eigenvalue weighted by Crippen LogP contribution is -2.26. The number of carbonyl (C=O) groups excluding carboxylic acids is 1. The molecule has 1 aliphatic rings. The van der Waals surface area contributed by atoms with Gasteiger partial charge in [0.2, 0.25) is 0 Å². The van der Waals surface area contributed by atoms with Gasteiger partial charge in [0.25, 0.3) is 5.91 Å². The Morgan fingerprint density at radius 3 is 2.65 bits per heavy atom. The SMILES string of the molecule is Cc1cc(-c2cnc3c(NCC(C)C)cc(Sc4ccccc4)nn23)ccc1C(=O)NC1CC1. The summed E-state index contributed by atoms with van der Waals surface area (Å²) >= 11 is 1.63. The molecule has 2 aromatic carbocycles. The lowest BCUT2D eigenvalue weighted by Gasteiger charge is -2.13. The third-order valence-electron chi connectivity index (χ3n) is 5.79. The van der Waals surface area contributed by atoms with E-state index in [2.05, 4.69) is 42.7 Å². The van der Waals surface area contributed by atoms with Gasteiger partial charge in [0.1, 0.15) is 5.03 Å². The maximum atomic E-state index is 12.6. The molecule has 1 fully saturated rings. The molecule has 1 aliphatic carbocycles. The smallest absolute Gasteiger partial charge is 0.251 e. The van der Waals surface area contributed by atoms with Crippen molar-refractivity contribution in [2.75, 3.05) is 11.9 Å². The summed E-state index contributed by atoms with van der Waals surface area (Å²) in [5, 5.41) is 12.4. The molecule has 0 bridgehead atoms. The van der Waals surface area contributed by atoms with Gasteiger partial charge in [-0.2, -0.15) is 5.10 Å². The summed E-state index contributed by atoms with van der Waals surface area (Å²) in [6.45, 7) is 7.20. The molecule has 6 nitrogen and oxygen atoms in total. The highest BCUT2D eigenvalue weighted by molar-refractivity contribution is 7.99. The molecule has 0 spiro atoms. The van der Waals surface area contributed by atoms with E-state index in [1.807, 2.05) is 54.0 Å². The van der Waals surface area contributed by atoms with Crippen LogP contribution in [0.25, 0.3) is 16.9 Å². The Kier molecular flexibility index (Phi) is 6.28. The van der Waals surface area contributed by atoms with Crippen molar-refractivity contribution < 1.29 is 4.79 Å². The predicted molar refractivity (Wildman–Crippen MR) is 138 cm³/mol. The van der Waals surface area contributed by atoms with Crippen molar-refractivity contribution in [2.45, 2.75) is 49.6 Å². The Balaban J connectivity index is 1.53. The highest BCUT2D eigenvalue weighted by atomic mass is 32.2. The number of nitrogens with one attached hydrogen (secondary N) is 2.